The zero-order valence-electron chi connectivity index (χ0n) is 12.3. The zero-order valence-corrected chi connectivity index (χ0v) is 13.9. The molecule has 2 rings (SSSR count). The van der Waals surface area contributed by atoms with Gasteiger partial charge in [-0.25, -0.2) is 9.37 Å². The van der Waals surface area contributed by atoms with Crippen LogP contribution in [0.4, 0.5) is 4.39 Å². The summed E-state index contributed by atoms with van der Waals surface area (Å²) in [4.78, 5) is 4.27. The van der Waals surface area contributed by atoms with Crippen LogP contribution in [0.2, 0.25) is 0 Å². The van der Waals surface area contributed by atoms with Gasteiger partial charge in [0.15, 0.2) is 11.6 Å². The average molecular weight is 353 g/mol. The second-order valence-electron chi connectivity index (χ2n) is 5.18. The van der Waals surface area contributed by atoms with Crippen molar-refractivity contribution < 1.29 is 9.13 Å². The summed E-state index contributed by atoms with van der Waals surface area (Å²) in [6, 6.07) is 7.09. The highest BCUT2D eigenvalue weighted by Crippen LogP contribution is 2.27. The van der Waals surface area contributed by atoms with Gasteiger partial charge in [0.2, 0.25) is 5.88 Å². The molecule has 112 valence electrons. The van der Waals surface area contributed by atoms with E-state index >= 15 is 0 Å². The Morgan fingerprint density at radius 2 is 2.10 bits per heavy atom. The number of aryl methyl sites for hydroxylation is 1. The Kier molecular flexibility index (Phi) is 5.31. The molecule has 1 aromatic carbocycles. The number of hydrogen-bond acceptors (Lipinski definition) is 3. The lowest BCUT2D eigenvalue weighted by atomic mass is 10.2. The van der Waals surface area contributed by atoms with Gasteiger partial charge in [-0.1, -0.05) is 29.8 Å². The molecule has 0 unspecified atom stereocenters. The van der Waals surface area contributed by atoms with E-state index in [1.807, 2.05) is 13.0 Å². The molecule has 0 radical (unpaired) electrons. The van der Waals surface area contributed by atoms with E-state index in [-0.39, 0.29) is 5.75 Å². The standard InChI is InChI=1S/C16H18BrFN2O/c1-10(2)19-8-12-6-11(3)16(20-9-12)21-15-5-4-13(17)7-14(15)18/h4-7,9-10,19H,8H2,1-3H3. The van der Waals surface area contributed by atoms with E-state index in [2.05, 4.69) is 40.1 Å². The molecule has 0 spiro atoms. The van der Waals surface area contributed by atoms with Crippen LogP contribution in [0, 0.1) is 12.7 Å². The first-order valence-electron chi connectivity index (χ1n) is 6.77. The van der Waals surface area contributed by atoms with E-state index in [9.17, 15) is 4.39 Å². The van der Waals surface area contributed by atoms with Gasteiger partial charge in [-0.3, -0.25) is 0 Å². The minimum atomic E-state index is -0.420. The fourth-order valence-corrected chi connectivity index (χ4v) is 2.14. The van der Waals surface area contributed by atoms with Crippen molar-refractivity contribution in [1.29, 1.82) is 0 Å². The third kappa shape index (κ3) is 4.51. The van der Waals surface area contributed by atoms with Gasteiger partial charge >= 0.3 is 0 Å². The Bertz CT molecular complexity index is 632. The molecular weight excluding hydrogens is 335 g/mol. The second kappa shape index (κ2) is 7.00. The van der Waals surface area contributed by atoms with Crippen LogP contribution in [0.15, 0.2) is 34.9 Å². The van der Waals surface area contributed by atoms with Crippen LogP contribution in [0.25, 0.3) is 0 Å². The molecule has 1 aromatic heterocycles. The van der Waals surface area contributed by atoms with E-state index in [0.29, 0.717) is 16.4 Å². The smallest absolute Gasteiger partial charge is 0.222 e. The largest absolute Gasteiger partial charge is 0.436 e. The summed E-state index contributed by atoms with van der Waals surface area (Å²) in [7, 11) is 0. The maximum Gasteiger partial charge on any atom is 0.222 e. The van der Waals surface area contributed by atoms with Crippen LogP contribution in [0.5, 0.6) is 11.6 Å². The van der Waals surface area contributed by atoms with Gasteiger partial charge in [-0.15, -0.1) is 0 Å². The third-order valence-corrected chi connectivity index (χ3v) is 3.40. The lowest BCUT2D eigenvalue weighted by molar-refractivity contribution is 0.423. The van der Waals surface area contributed by atoms with Gasteiger partial charge in [-0.05, 0) is 36.8 Å². The van der Waals surface area contributed by atoms with Crippen molar-refractivity contribution in [3.63, 3.8) is 0 Å². The van der Waals surface area contributed by atoms with E-state index < -0.39 is 5.82 Å². The molecule has 0 saturated carbocycles. The quantitative estimate of drug-likeness (QED) is 0.854. The molecule has 1 N–H and O–H groups in total. The fraction of sp³-hybridized carbons (Fsp3) is 0.312. The van der Waals surface area contributed by atoms with Gasteiger partial charge in [0.1, 0.15) is 0 Å². The van der Waals surface area contributed by atoms with Gasteiger partial charge in [-0.2, -0.15) is 0 Å². The van der Waals surface area contributed by atoms with Gasteiger partial charge < -0.3 is 10.1 Å². The highest BCUT2D eigenvalue weighted by Gasteiger charge is 2.09. The molecule has 0 fully saturated rings. The first kappa shape index (κ1) is 15.9. The Hall–Kier alpha value is -1.46. The Balaban J connectivity index is 2.13. The Morgan fingerprint density at radius 1 is 1.33 bits per heavy atom. The van der Waals surface area contributed by atoms with Gasteiger partial charge in [0.25, 0.3) is 0 Å². The molecule has 5 heteroatoms. The molecule has 1 heterocycles. The number of hydrogen-bond donors (Lipinski definition) is 1. The normalized spacial score (nSPS) is 11.0. The fourth-order valence-electron chi connectivity index (χ4n) is 1.81. The van der Waals surface area contributed by atoms with E-state index in [1.54, 1.807) is 18.3 Å². The number of benzene rings is 1. The number of pyridine rings is 1. The lowest BCUT2D eigenvalue weighted by Crippen LogP contribution is -2.21. The maximum absolute atomic E-state index is 13.8. The van der Waals surface area contributed by atoms with E-state index in [4.69, 9.17) is 4.74 Å². The van der Waals surface area contributed by atoms with Crippen molar-refractivity contribution in [3.8, 4) is 11.6 Å². The van der Waals surface area contributed by atoms with Crippen molar-refractivity contribution in [1.82, 2.24) is 10.3 Å². The Labute approximate surface area is 132 Å². The molecule has 0 aliphatic carbocycles. The molecule has 0 bridgehead atoms. The molecule has 3 nitrogen and oxygen atoms in total. The van der Waals surface area contributed by atoms with E-state index in [0.717, 1.165) is 17.7 Å². The molecule has 0 saturated heterocycles. The number of nitrogens with one attached hydrogen (secondary N) is 1. The summed E-state index contributed by atoms with van der Waals surface area (Å²) in [5, 5.41) is 3.33. The van der Waals surface area contributed by atoms with Crippen molar-refractivity contribution in [3.05, 3.63) is 51.9 Å². The van der Waals surface area contributed by atoms with Crippen molar-refractivity contribution in [2.24, 2.45) is 0 Å². The average Bonchev–Trinajstić information content (AvgIpc) is 2.42. The number of aromatic nitrogens is 1. The monoisotopic (exact) mass is 352 g/mol. The molecular formula is C16H18BrFN2O. The number of rotatable bonds is 5. The van der Waals surface area contributed by atoms with Crippen LogP contribution in [0.3, 0.4) is 0 Å². The summed E-state index contributed by atoms with van der Waals surface area (Å²) in [5.41, 5.74) is 1.95. The predicted octanol–water partition coefficient (Wildman–Crippen LogP) is 4.58. The number of ether oxygens (including phenoxy) is 1. The molecule has 0 aliphatic rings. The molecule has 0 atom stereocenters. The number of nitrogens with zero attached hydrogens (tertiary/aromatic N) is 1. The van der Waals surface area contributed by atoms with Crippen molar-refractivity contribution in [2.75, 3.05) is 0 Å². The summed E-state index contributed by atoms with van der Waals surface area (Å²) in [6.45, 7) is 6.83. The van der Waals surface area contributed by atoms with Crippen LogP contribution < -0.4 is 10.1 Å². The minimum absolute atomic E-state index is 0.168. The highest BCUT2D eigenvalue weighted by atomic mass is 79.9. The van der Waals surface area contributed by atoms with Crippen molar-refractivity contribution in [2.45, 2.75) is 33.4 Å². The predicted molar refractivity (Wildman–Crippen MR) is 85.1 cm³/mol. The van der Waals surface area contributed by atoms with Crippen LogP contribution in [-0.4, -0.2) is 11.0 Å². The highest BCUT2D eigenvalue weighted by molar-refractivity contribution is 9.10. The van der Waals surface area contributed by atoms with E-state index in [1.165, 1.54) is 6.07 Å². The number of halogens is 2. The molecule has 2 aromatic rings. The topological polar surface area (TPSA) is 34.2 Å². The van der Waals surface area contributed by atoms with Crippen LogP contribution in [-0.2, 0) is 6.54 Å². The Morgan fingerprint density at radius 3 is 2.71 bits per heavy atom. The minimum Gasteiger partial charge on any atom is -0.436 e. The second-order valence-corrected chi connectivity index (χ2v) is 6.09. The van der Waals surface area contributed by atoms with Gasteiger partial charge in [0, 0.05) is 28.8 Å². The summed E-state index contributed by atoms with van der Waals surface area (Å²) >= 11 is 3.22. The summed E-state index contributed by atoms with van der Waals surface area (Å²) in [5.74, 6) is 0.169. The van der Waals surface area contributed by atoms with Gasteiger partial charge in [0.05, 0.1) is 0 Å². The van der Waals surface area contributed by atoms with Crippen LogP contribution >= 0.6 is 15.9 Å². The molecule has 0 amide bonds. The summed E-state index contributed by atoms with van der Waals surface area (Å²) in [6.07, 6.45) is 1.74. The molecule has 0 aliphatic heterocycles. The molecule has 21 heavy (non-hydrogen) atoms. The summed E-state index contributed by atoms with van der Waals surface area (Å²) < 4.78 is 20.0. The maximum atomic E-state index is 13.8. The SMILES string of the molecule is Cc1cc(CNC(C)C)cnc1Oc1ccc(Br)cc1F. The van der Waals surface area contributed by atoms with Crippen molar-refractivity contribution >= 4 is 15.9 Å². The zero-order chi connectivity index (χ0) is 15.4. The first-order chi connectivity index (χ1) is 9.95. The first-order valence-corrected chi connectivity index (χ1v) is 7.57. The third-order valence-electron chi connectivity index (χ3n) is 2.90. The van der Waals surface area contributed by atoms with Crippen LogP contribution in [0.1, 0.15) is 25.0 Å². The lowest BCUT2D eigenvalue weighted by Gasteiger charge is -2.11.